The predicted molar refractivity (Wildman–Crippen MR) is 70.5 cm³/mol. The number of hydrogen-bond donors (Lipinski definition) is 0. The number of ether oxygens (including phenoxy) is 1. The van der Waals surface area contributed by atoms with Gasteiger partial charge in [-0.3, -0.25) is 0 Å². The first-order valence-electron chi connectivity index (χ1n) is 6.78. The molecule has 1 saturated heterocycles. The summed E-state index contributed by atoms with van der Waals surface area (Å²) in [7, 11) is 0. The van der Waals surface area contributed by atoms with Crippen LogP contribution in [0.1, 0.15) is 39.5 Å². The number of rotatable bonds is 0. The maximum absolute atomic E-state index is 5.89. The largest absolute Gasteiger partial charge is 0.490 e. The summed E-state index contributed by atoms with van der Waals surface area (Å²) in [5.41, 5.74) is 3.12. The highest BCUT2D eigenvalue weighted by atomic mass is 16.5. The molecule has 4 unspecified atom stereocenters. The van der Waals surface area contributed by atoms with Crippen LogP contribution in [0.2, 0.25) is 0 Å². The minimum Gasteiger partial charge on any atom is -0.490 e. The van der Waals surface area contributed by atoms with Gasteiger partial charge in [-0.05, 0) is 36.2 Å². The van der Waals surface area contributed by atoms with E-state index >= 15 is 0 Å². The predicted octanol–water partition coefficient (Wildman–Crippen LogP) is 4.23. The Hall–Kier alpha value is -0.980. The molecule has 0 radical (unpaired) electrons. The van der Waals surface area contributed by atoms with Crippen LogP contribution in [0.4, 0.5) is 0 Å². The fraction of sp³-hybridized carbons (Fsp3) is 0.625. The third kappa shape index (κ3) is 1.51. The van der Waals surface area contributed by atoms with Crippen molar-refractivity contribution in [2.24, 2.45) is 17.3 Å². The molecule has 3 rings (SSSR count). The van der Waals surface area contributed by atoms with Gasteiger partial charge in [0.2, 0.25) is 0 Å². The average molecular weight is 230 g/mol. The molecule has 0 aromatic rings. The number of fused-ring (bicyclic) bond motifs is 2. The first kappa shape index (κ1) is 11.1. The van der Waals surface area contributed by atoms with Crippen LogP contribution >= 0.6 is 0 Å². The van der Waals surface area contributed by atoms with Gasteiger partial charge in [0.05, 0.1) is 0 Å². The molecule has 0 aromatic heterocycles. The van der Waals surface area contributed by atoms with E-state index in [2.05, 4.69) is 33.1 Å². The number of hydrogen-bond acceptors (Lipinski definition) is 1. The molecule has 2 fully saturated rings. The van der Waals surface area contributed by atoms with E-state index in [1.54, 1.807) is 5.57 Å². The molecule has 2 aliphatic carbocycles. The molecule has 1 saturated carbocycles. The van der Waals surface area contributed by atoms with Gasteiger partial charge in [0.25, 0.3) is 0 Å². The van der Waals surface area contributed by atoms with E-state index in [9.17, 15) is 0 Å². The van der Waals surface area contributed by atoms with E-state index in [-0.39, 0.29) is 0 Å². The van der Waals surface area contributed by atoms with Gasteiger partial charge in [0.15, 0.2) is 0 Å². The summed E-state index contributed by atoms with van der Waals surface area (Å²) in [5.74, 6) is 1.94. The Labute approximate surface area is 104 Å². The molecule has 0 amide bonds. The summed E-state index contributed by atoms with van der Waals surface area (Å²) in [4.78, 5) is 0. The van der Waals surface area contributed by atoms with Crippen molar-refractivity contribution in [1.29, 1.82) is 0 Å². The topological polar surface area (TPSA) is 9.23 Å². The zero-order valence-corrected chi connectivity index (χ0v) is 11.0. The van der Waals surface area contributed by atoms with E-state index < -0.39 is 0 Å². The Balaban J connectivity index is 2.01. The van der Waals surface area contributed by atoms with Crippen molar-refractivity contribution in [3.05, 3.63) is 36.1 Å². The summed E-state index contributed by atoms with van der Waals surface area (Å²) in [6.45, 7) is 12.9. The van der Waals surface area contributed by atoms with Crippen molar-refractivity contribution in [3.63, 3.8) is 0 Å². The van der Waals surface area contributed by atoms with E-state index in [1.807, 2.05) is 0 Å². The molecule has 0 N–H and O–H groups in total. The van der Waals surface area contributed by atoms with E-state index in [4.69, 9.17) is 4.74 Å². The lowest BCUT2D eigenvalue weighted by atomic mass is 9.60. The molecular formula is C16H22O. The molecule has 92 valence electrons. The van der Waals surface area contributed by atoms with E-state index in [0.29, 0.717) is 17.4 Å². The molecule has 1 heteroatoms. The van der Waals surface area contributed by atoms with Crippen LogP contribution in [-0.2, 0) is 4.74 Å². The minimum absolute atomic E-state index is 0.300. The van der Waals surface area contributed by atoms with Crippen LogP contribution in [0.15, 0.2) is 36.1 Å². The highest BCUT2D eigenvalue weighted by Crippen LogP contribution is 2.54. The van der Waals surface area contributed by atoms with Crippen molar-refractivity contribution in [2.75, 3.05) is 0 Å². The number of allylic oxidation sites excluding steroid dienone is 2. The second kappa shape index (κ2) is 3.51. The third-order valence-electron chi connectivity index (χ3n) is 5.06. The van der Waals surface area contributed by atoms with E-state index in [0.717, 1.165) is 23.7 Å². The van der Waals surface area contributed by atoms with Crippen molar-refractivity contribution in [3.8, 4) is 0 Å². The fourth-order valence-electron chi connectivity index (χ4n) is 4.03. The van der Waals surface area contributed by atoms with Crippen LogP contribution in [0, 0.1) is 17.3 Å². The lowest BCUT2D eigenvalue weighted by molar-refractivity contribution is 0.0708. The summed E-state index contributed by atoms with van der Waals surface area (Å²) in [6, 6.07) is 0. The molecule has 0 spiro atoms. The molecule has 3 aliphatic rings. The first-order valence-corrected chi connectivity index (χ1v) is 6.78. The van der Waals surface area contributed by atoms with Gasteiger partial charge in [-0.1, -0.05) is 45.1 Å². The van der Waals surface area contributed by atoms with Crippen LogP contribution < -0.4 is 0 Å². The van der Waals surface area contributed by atoms with Crippen molar-refractivity contribution in [2.45, 2.75) is 45.6 Å². The summed E-state index contributed by atoms with van der Waals surface area (Å²) in [5, 5.41) is 0. The normalized spacial score (nSPS) is 44.8. The third-order valence-corrected chi connectivity index (χ3v) is 5.06. The SMILES string of the molecule is C=C1OC2CC3(C)CCCC(C)C3=CC2C1=C. The van der Waals surface area contributed by atoms with Gasteiger partial charge >= 0.3 is 0 Å². The lowest BCUT2D eigenvalue weighted by Gasteiger charge is -2.45. The Kier molecular flexibility index (Phi) is 2.30. The molecule has 0 bridgehead atoms. The molecule has 1 nitrogen and oxygen atoms in total. The van der Waals surface area contributed by atoms with Crippen LogP contribution in [0.25, 0.3) is 0 Å². The van der Waals surface area contributed by atoms with Crippen LogP contribution in [-0.4, -0.2) is 6.10 Å². The monoisotopic (exact) mass is 230 g/mol. The molecular weight excluding hydrogens is 208 g/mol. The minimum atomic E-state index is 0.300. The Morgan fingerprint density at radius 2 is 2.18 bits per heavy atom. The Morgan fingerprint density at radius 1 is 1.41 bits per heavy atom. The molecule has 1 heterocycles. The van der Waals surface area contributed by atoms with Gasteiger partial charge in [-0.25, -0.2) is 0 Å². The smallest absolute Gasteiger partial charge is 0.115 e. The van der Waals surface area contributed by atoms with Gasteiger partial charge in [0.1, 0.15) is 11.9 Å². The first-order chi connectivity index (χ1) is 8.01. The van der Waals surface area contributed by atoms with Gasteiger partial charge < -0.3 is 4.74 Å². The standard InChI is InChI=1S/C16H22O/c1-10-6-5-7-16(4)9-15-13(8-14(10)16)11(2)12(3)17-15/h8,10,13,15H,2-3,5-7,9H2,1,4H3. The van der Waals surface area contributed by atoms with Gasteiger partial charge in [0, 0.05) is 5.92 Å². The zero-order valence-electron chi connectivity index (χ0n) is 11.0. The average Bonchev–Trinajstić information content (AvgIpc) is 2.52. The van der Waals surface area contributed by atoms with Crippen molar-refractivity contribution < 1.29 is 4.74 Å². The van der Waals surface area contributed by atoms with Crippen molar-refractivity contribution >= 4 is 0 Å². The summed E-state index contributed by atoms with van der Waals surface area (Å²) in [6.07, 6.45) is 7.91. The Bertz CT molecular complexity index is 417. The lowest BCUT2D eigenvalue weighted by Crippen LogP contribution is -2.38. The maximum Gasteiger partial charge on any atom is 0.115 e. The quantitative estimate of drug-likeness (QED) is 0.566. The summed E-state index contributed by atoms with van der Waals surface area (Å²) >= 11 is 0. The van der Waals surface area contributed by atoms with Gasteiger partial charge in [-0.2, -0.15) is 0 Å². The fourth-order valence-corrected chi connectivity index (χ4v) is 4.03. The molecule has 4 atom stereocenters. The van der Waals surface area contributed by atoms with Crippen LogP contribution in [0.5, 0.6) is 0 Å². The van der Waals surface area contributed by atoms with Crippen LogP contribution in [0.3, 0.4) is 0 Å². The molecule has 17 heavy (non-hydrogen) atoms. The second-order valence-corrected chi connectivity index (χ2v) is 6.31. The maximum atomic E-state index is 5.89. The second-order valence-electron chi connectivity index (χ2n) is 6.31. The molecule has 0 aromatic carbocycles. The zero-order chi connectivity index (χ0) is 12.2. The van der Waals surface area contributed by atoms with Crippen molar-refractivity contribution in [1.82, 2.24) is 0 Å². The molecule has 1 aliphatic heterocycles. The summed E-state index contributed by atoms with van der Waals surface area (Å²) < 4.78 is 5.89. The van der Waals surface area contributed by atoms with E-state index in [1.165, 1.54) is 19.3 Å². The highest BCUT2D eigenvalue weighted by molar-refractivity contribution is 5.38. The Morgan fingerprint density at radius 3 is 2.94 bits per heavy atom. The van der Waals surface area contributed by atoms with Gasteiger partial charge in [-0.15, -0.1) is 0 Å². The highest BCUT2D eigenvalue weighted by Gasteiger charge is 2.47.